The van der Waals surface area contributed by atoms with Gasteiger partial charge in [0.05, 0.1) is 5.56 Å². The van der Waals surface area contributed by atoms with Gasteiger partial charge in [-0.3, -0.25) is 0 Å². The molecule has 18 heavy (non-hydrogen) atoms. The Balaban J connectivity index is 2.80. The van der Waals surface area contributed by atoms with Gasteiger partial charge in [-0.1, -0.05) is 0 Å². The summed E-state index contributed by atoms with van der Waals surface area (Å²) in [6, 6.07) is 1.70. The van der Waals surface area contributed by atoms with Crippen molar-refractivity contribution in [2.75, 3.05) is 24.8 Å². The monoisotopic (exact) mass is 263 g/mol. The smallest absolute Gasteiger partial charge is 0.385 e. The number of nitrogen functional groups attached to an aromatic ring is 1. The zero-order chi connectivity index (χ0) is 13.8. The van der Waals surface area contributed by atoms with Gasteiger partial charge < -0.3 is 15.8 Å². The van der Waals surface area contributed by atoms with E-state index in [1.165, 1.54) is 0 Å². The number of pyridine rings is 1. The standard InChI is InChI=1S/C11H16F3N3O/c1-7(3-4-18-2)16-10-6-8(11(12,13)14)5-9(15)17-10/h5-7H,3-4H2,1-2H3,(H3,15,16,17). The molecule has 0 aliphatic carbocycles. The lowest BCUT2D eigenvalue weighted by atomic mass is 10.2. The molecule has 0 spiro atoms. The van der Waals surface area contributed by atoms with E-state index in [-0.39, 0.29) is 17.7 Å². The van der Waals surface area contributed by atoms with E-state index in [9.17, 15) is 13.2 Å². The Morgan fingerprint density at radius 2 is 2.11 bits per heavy atom. The number of nitrogens with two attached hydrogens (primary N) is 1. The Kier molecular flexibility index (Phi) is 4.77. The number of nitrogens with zero attached hydrogens (tertiary/aromatic N) is 1. The number of anilines is 2. The predicted octanol–water partition coefficient (Wildman–Crippen LogP) is 2.52. The van der Waals surface area contributed by atoms with Crippen LogP contribution in [0.15, 0.2) is 12.1 Å². The van der Waals surface area contributed by atoms with Crippen LogP contribution in [-0.2, 0) is 10.9 Å². The lowest BCUT2D eigenvalue weighted by molar-refractivity contribution is -0.137. The third-order valence-electron chi connectivity index (χ3n) is 2.32. The van der Waals surface area contributed by atoms with Crippen molar-refractivity contribution >= 4 is 11.6 Å². The van der Waals surface area contributed by atoms with Gasteiger partial charge in [0.1, 0.15) is 11.6 Å². The number of rotatable bonds is 5. The maximum absolute atomic E-state index is 12.6. The van der Waals surface area contributed by atoms with Crippen molar-refractivity contribution in [3.63, 3.8) is 0 Å². The molecule has 0 aliphatic rings. The topological polar surface area (TPSA) is 60.2 Å². The molecule has 3 N–H and O–H groups in total. The first-order valence-electron chi connectivity index (χ1n) is 5.43. The Morgan fingerprint density at radius 1 is 1.44 bits per heavy atom. The van der Waals surface area contributed by atoms with Crippen LogP contribution in [0.3, 0.4) is 0 Å². The van der Waals surface area contributed by atoms with Crippen molar-refractivity contribution in [1.29, 1.82) is 0 Å². The molecule has 1 heterocycles. The summed E-state index contributed by atoms with van der Waals surface area (Å²) < 4.78 is 42.6. The summed E-state index contributed by atoms with van der Waals surface area (Å²) >= 11 is 0. The van der Waals surface area contributed by atoms with E-state index < -0.39 is 11.7 Å². The Bertz CT molecular complexity index is 396. The van der Waals surface area contributed by atoms with Crippen LogP contribution >= 0.6 is 0 Å². The van der Waals surface area contributed by atoms with E-state index >= 15 is 0 Å². The molecular weight excluding hydrogens is 247 g/mol. The molecule has 0 aliphatic heterocycles. The maximum atomic E-state index is 12.6. The SMILES string of the molecule is COCCC(C)Nc1cc(C(F)(F)F)cc(N)n1. The first-order chi connectivity index (χ1) is 8.32. The number of alkyl halides is 3. The molecule has 1 aromatic rings. The van der Waals surface area contributed by atoms with E-state index in [4.69, 9.17) is 10.5 Å². The number of ether oxygens (including phenoxy) is 1. The zero-order valence-electron chi connectivity index (χ0n) is 10.2. The third kappa shape index (κ3) is 4.40. The highest BCUT2D eigenvalue weighted by Gasteiger charge is 2.31. The van der Waals surface area contributed by atoms with Crippen LogP contribution in [0.2, 0.25) is 0 Å². The molecule has 0 amide bonds. The van der Waals surface area contributed by atoms with Gasteiger partial charge in [-0.05, 0) is 25.5 Å². The molecule has 4 nitrogen and oxygen atoms in total. The Hall–Kier alpha value is -1.50. The molecule has 1 atom stereocenters. The molecule has 1 rings (SSSR count). The van der Waals surface area contributed by atoms with E-state index in [0.717, 1.165) is 12.1 Å². The quantitative estimate of drug-likeness (QED) is 0.857. The Labute approximate surface area is 103 Å². The van der Waals surface area contributed by atoms with Crippen molar-refractivity contribution in [2.24, 2.45) is 0 Å². The minimum atomic E-state index is -4.43. The lowest BCUT2D eigenvalue weighted by Gasteiger charge is -2.16. The van der Waals surface area contributed by atoms with Crippen molar-refractivity contribution < 1.29 is 17.9 Å². The molecule has 1 unspecified atom stereocenters. The summed E-state index contributed by atoms with van der Waals surface area (Å²) in [5.41, 5.74) is 4.55. The largest absolute Gasteiger partial charge is 0.416 e. The summed E-state index contributed by atoms with van der Waals surface area (Å²) in [6.45, 7) is 2.35. The number of aromatic nitrogens is 1. The highest BCUT2D eigenvalue weighted by Crippen LogP contribution is 2.31. The van der Waals surface area contributed by atoms with Gasteiger partial charge in [0.15, 0.2) is 0 Å². The van der Waals surface area contributed by atoms with Gasteiger partial charge in [-0.15, -0.1) is 0 Å². The summed E-state index contributed by atoms with van der Waals surface area (Å²) in [5, 5.41) is 2.86. The molecular formula is C11H16F3N3O. The second-order valence-electron chi connectivity index (χ2n) is 3.99. The van der Waals surface area contributed by atoms with Crippen LogP contribution in [0, 0.1) is 0 Å². The molecule has 1 aromatic heterocycles. The van der Waals surface area contributed by atoms with Crippen LogP contribution < -0.4 is 11.1 Å². The minimum Gasteiger partial charge on any atom is -0.385 e. The third-order valence-corrected chi connectivity index (χ3v) is 2.32. The first-order valence-corrected chi connectivity index (χ1v) is 5.43. The normalized spacial score (nSPS) is 13.4. The number of halogens is 3. The minimum absolute atomic E-state index is 0.0552. The summed E-state index contributed by atoms with van der Waals surface area (Å²) in [4.78, 5) is 3.82. The molecule has 0 fully saturated rings. The molecule has 0 aromatic carbocycles. The fourth-order valence-electron chi connectivity index (χ4n) is 1.41. The Morgan fingerprint density at radius 3 is 2.67 bits per heavy atom. The van der Waals surface area contributed by atoms with Gasteiger partial charge >= 0.3 is 6.18 Å². The van der Waals surface area contributed by atoms with Crippen LogP contribution in [0.4, 0.5) is 24.8 Å². The van der Waals surface area contributed by atoms with Crippen molar-refractivity contribution in [3.05, 3.63) is 17.7 Å². The van der Waals surface area contributed by atoms with Crippen molar-refractivity contribution in [3.8, 4) is 0 Å². The number of hydrogen-bond acceptors (Lipinski definition) is 4. The molecule has 0 saturated carbocycles. The summed E-state index contributed by atoms with van der Waals surface area (Å²) in [5.74, 6) is -0.0443. The number of hydrogen-bond donors (Lipinski definition) is 2. The van der Waals surface area contributed by atoms with E-state index in [2.05, 4.69) is 10.3 Å². The fraction of sp³-hybridized carbons (Fsp3) is 0.545. The van der Waals surface area contributed by atoms with Crippen LogP contribution in [0.25, 0.3) is 0 Å². The van der Waals surface area contributed by atoms with E-state index in [1.54, 1.807) is 7.11 Å². The van der Waals surface area contributed by atoms with E-state index in [1.807, 2.05) is 6.92 Å². The molecule has 0 bridgehead atoms. The second-order valence-corrected chi connectivity index (χ2v) is 3.99. The van der Waals surface area contributed by atoms with Gasteiger partial charge in [-0.25, -0.2) is 4.98 Å². The zero-order valence-corrected chi connectivity index (χ0v) is 10.2. The predicted molar refractivity (Wildman–Crippen MR) is 63.2 cm³/mol. The fourth-order valence-corrected chi connectivity index (χ4v) is 1.41. The van der Waals surface area contributed by atoms with Crippen molar-refractivity contribution in [1.82, 2.24) is 4.98 Å². The summed E-state index contributed by atoms with van der Waals surface area (Å²) in [7, 11) is 1.56. The number of nitrogens with one attached hydrogen (secondary N) is 1. The molecule has 0 saturated heterocycles. The maximum Gasteiger partial charge on any atom is 0.416 e. The highest BCUT2D eigenvalue weighted by atomic mass is 19.4. The van der Waals surface area contributed by atoms with Gasteiger partial charge in [-0.2, -0.15) is 13.2 Å². The average molecular weight is 263 g/mol. The van der Waals surface area contributed by atoms with Gasteiger partial charge in [0, 0.05) is 19.8 Å². The lowest BCUT2D eigenvalue weighted by Crippen LogP contribution is -2.19. The highest BCUT2D eigenvalue weighted by molar-refractivity contribution is 5.47. The van der Waals surface area contributed by atoms with E-state index in [0.29, 0.717) is 13.0 Å². The molecule has 0 radical (unpaired) electrons. The van der Waals surface area contributed by atoms with Gasteiger partial charge in [0.2, 0.25) is 0 Å². The molecule has 7 heteroatoms. The second kappa shape index (κ2) is 5.90. The molecule has 102 valence electrons. The van der Waals surface area contributed by atoms with Gasteiger partial charge in [0.25, 0.3) is 0 Å². The van der Waals surface area contributed by atoms with Crippen molar-refractivity contribution in [2.45, 2.75) is 25.6 Å². The number of methoxy groups -OCH3 is 1. The first kappa shape index (κ1) is 14.6. The van der Waals surface area contributed by atoms with Crippen LogP contribution in [0.1, 0.15) is 18.9 Å². The summed E-state index contributed by atoms with van der Waals surface area (Å²) in [6.07, 6.45) is -3.77. The average Bonchev–Trinajstić information content (AvgIpc) is 2.24. The van der Waals surface area contributed by atoms with Crippen LogP contribution in [0.5, 0.6) is 0 Å². The van der Waals surface area contributed by atoms with Crippen LogP contribution in [-0.4, -0.2) is 24.7 Å².